The van der Waals surface area contributed by atoms with Crippen molar-refractivity contribution in [3.8, 4) is 0 Å². The van der Waals surface area contributed by atoms with Crippen LogP contribution in [0.3, 0.4) is 0 Å². The summed E-state index contributed by atoms with van der Waals surface area (Å²) >= 11 is 11.4. The second kappa shape index (κ2) is 5.30. The van der Waals surface area contributed by atoms with Crippen LogP contribution in [-0.4, -0.2) is 17.4 Å². The van der Waals surface area contributed by atoms with Crippen LogP contribution in [0.1, 0.15) is 6.92 Å². The third-order valence-corrected chi connectivity index (χ3v) is 2.37. The Morgan fingerprint density at radius 3 is 2.85 bits per heavy atom. The molecule has 0 aliphatic rings. The predicted molar refractivity (Wildman–Crippen MR) is 57.6 cm³/mol. The van der Waals surface area contributed by atoms with Crippen molar-refractivity contribution in [2.24, 2.45) is 5.92 Å². The molecule has 0 spiro atoms. The zero-order valence-corrected chi connectivity index (χ0v) is 8.94. The van der Waals surface area contributed by atoms with Crippen molar-refractivity contribution in [3.63, 3.8) is 0 Å². The van der Waals surface area contributed by atoms with Crippen LogP contribution >= 0.6 is 23.2 Å². The maximum Gasteiger partial charge on any atom is 0.125 e. The van der Waals surface area contributed by atoms with Gasteiger partial charge in [0.05, 0.1) is 5.02 Å². The molecule has 0 saturated carbocycles. The smallest absolute Gasteiger partial charge is 0.125 e. The molecule has 1 N–H and O–H groups in total. The van der Waals surface area contributed by atoms with E-state index in [0.717, 1.165) is 12.4 Å². The van der Waals surface area contributed by atoms with Crippen LogP contribution in [-0.2, 0) is 0 Å². The summed E-state index contributed by atoms with van der Waals surface area (Å²) < 4.78 is 0. The molecule has 0 aromatic carbocycles. The molecule has 0 radical (unpaired) electrons. The van der Waals surface area contributed by atoms with Crippen molar-refractivity contribution in [1.29, 1.82) is 0 Å². The molecule has 13 heavy (non-hydrogen) atoms. The first-order valence-electron chi connectivity index (χ1n) is 4.13. The third-order valence-electron chi connectivity index (χ3n) is 1.62. The fourth-order valence-electron chi connectivity index (χ4n) is 0.814. The summed E-state index contributed by atoms with van der Waals surface area (Å²) in [5.74, 6) is 1.93. The average Bonchev–Trinajstić information content (AvgIpc) is 2.16. The molecule has 2 nitrogen and oxygen atoms in total. The number of alkyl halides is 1. The Bertz CT molecular complexity index is 248. The van der Waals surface area contributed by atoms with E-state index in [1.165, 1.54) is 0 Å². The van der Waals surface area contributed by atoms with E-state index in [-0.39, 0.29) is 0 Å². The number of hydrogen-bond donors (Lipinski definition) is 1. The van der Waals surface area contributed by atoms with Gasteiger partial charge in [-0.05, 0) is 18.1 Å². The molecule has 72 valence electrons. The Hall–Kier alpha value is -0.470. The topological polar surface area (TPSA) is 24.9 Å². The van der Waals surface area contributed by atoms with Crippen LogP contribution in [0.5, 0.6) is 0 Å². The second-order valence-corrected chi connectivity index (χ2v) is 3.75. The molecule has 0 amide bonds. The van der Waals surface area contributed by atoms with E-state index in [9.17, 15) is 0 Å². The highest BCUT2D eigenvalue weighted by molar-refractivity contribution is 6.30. The number of rotatable bonds is 4. The van der Waals surface area contributed by atoms with Gasteiger partial charge in [0.2, 0.25) is 0 Å². The van der Waals surface area contributed by atoms with Gasteiger partial charge in [-0.25, -0.2) is 4.98 Å². The van der Waals surface area contributed by atoms with Gasteiger partial charge < -0.3 is 5.32 Å². The number of aromatic nitrogens is 1. The number of nitrogens with zero attached hydrogens (tertiary/aromatic N) is 1. The lowest BCUT2D eigenvalue weighted by Crippen LogP contribution is -2.12. The average molecular weight is 219 g/mol. The molecule has 1 aromatic heterocycles. The second-order valence-electron chi connectivity index (χ2n) is 3.00. The van der Waals surface area contributed by atoms with Gasteiger partial charge in [0.25, 0.3) is 0 Å². The van der Waals surface area contributed by atoms with E-state index < -0.39 is 0 Å². The lowest BCUT2D eigenvalue weighted by Gasteiger charge is -2.09. The van der Waals surface area contributed by atoms with Crippen LogP contribution in [0.25, 0.3) is 0 Å². The van der Waals surface area contributed by atoms with E-state index in [0.29, 0.717) is 16.8 Å². The van der Waals surface area contributed by atoms with Crippen LogP contribution in [0.4, 0.5) is 5.82 Å². The van der Waals surface area contributed by atoms with Gasteiger partial charge in [0, 0.05) is 18.6 Å². The molecular formula is C9H12Cl2N2. The van der Waals surface area contributed by atoms with Crippen LogP contribution in [0.2, 0.25) is 5.02 Å². The predicted octanol–water partition coefficient (Wildman–Crippen LogP) is 3.02. The van der Waals surface area contributed by atoms with E-state index in [4.69, 9.17) is 23.2 Å². The van der Waals surface area contributed by atoms with Gasteiger partial charge in [0.15, 0.2) is 0 Å². The van der Waals surface area contributed by atoms with Gasteiger partial charge in [0.1, 0.15) is 5.82 Å². The molecule has 0 aliphatic heterocycles. The maximum absolute atomic E-state index is 5.69. The summed E-state index contributed by atoms with van der Waals surface area (Å²) in [6.07, 6.45) is 1.62. The van der Waals surface area contributed by atoms with Crippen molar-refractivity contribution in [1.82, 2.24) is 4.98 Å². The molecule has 1 aromatic rings. The van der Waals surface area contributed by atoms with Crippen molar-refractivity contribution in [2.45, 2.75) is 6.92 Å². The number of hydrogen-bond acceptors (Lipinski definition) is 2. The van der Waals surface area contributed by atoms with Crippen LogP contribution < -0.4 is 5.32 Å². The molecule has 4 heteroatoms. The zero-order chi connectivity index (χ0) is 9.68. The highest BCUT2D eigenvalue weighted by atomic mass is 35.5. The molecular weight excluding hydrogens is 207 g/mol. The van der Waals surface area contributed by atoms with Crippen LogP contribution in [0, 0.1) is 5.92 Å². The van der Waals surface area contributed by atoms with Crippen molar-refractivity contribution in [2.75, 3.05) is 17.7 Å². The number of pyridine rings is 1. The molecule has 1 heterocycles. The first-order chi connectivity index (χ1) is 6.22. The van der Waals surface area contributed by atoms with Crippen molar-refractivity contribution < 1.29 is 0 Å². The van der Waals surface area contributed by atoms with E-state index >= 15 is 0 Å². The van der Waals surface area contributed by atoms with E-state index in [2.05, 4.69) is 17.2 Å². The summed E-state index contributed by atoms with van der Waals surface area (Å²) in [7, 11) is 0. The first kappa shape index (κ1) is 10.6. The minimum absolute atomic E-state index is 0.444. The van der Waals surface area contributed by atoms with Crippen molar-refractivity contribution >= 4 is 29.0 Å². The lowest BCUT2D eigenvalue weighted by molar-refractivity contribution is 0.695. The Labute approximate surface area is 88.3 Å². The number of nitrogens with one attached hydrogen (secondary N) is 1. The number of halogens is 2. The van der Waals surface area contributed by atoms with Gasteiger partial charge in [-0.15, -0.1) is 11.6 Å². The van der Waals surface area contributed by atoms with Crippen molar-refractivity contribution in [3.05, 3.63) is 23.4 Å². The molecule has 0 saturated heterocycles. The summed E-state index contributed by atoms with van der Waals surface area (Å²) in [6.45, 7) is 2.91. The van der Waals surface area contributed by atoms with Gasteiger partial charge >= 0.3 is 0 Å². The SMILES string of the molecule is CC(CCl)CNc1ccc(Cl)cn1. The molecule has 1 atom stereocenters. The van der Waals surface area contributed by atoms with E-state index in [1.54, 1.807) is 6.20 Å². The quantitative estimate of drug-likeness (QED) is 0.787. The van der Waals surface area contributed by atoms with E-state index in [1.807, 2.05) is 12.1 Å². The summed E-state index contributed by atoms with van der Waals surface area (Å²) in [5.41, 5.74) is 0. The third kappa shape index (κ3) is 3.83. The summed E-state index contributed by atoms with van der Waals surface area (Å²) in [5, 5.41) is 3.82. The number of anilines is 1. The lowest BCUT2D eigenvalue weighted by atomic mass is 10.2. The molecule has 1 unspecified atom stereocenters. The normalized spacial score (nSPS) is 12.5. The minimum Gasteiger partial charge on any atom is -0.370 e. The largest absolute Gasteiger partial charge is 0.370 e. The Balaban J connectivity index is 2.41. The fourth-order valence-corrected chi connectivity index (χ4v) is 1.03. The molecule has 1 rings (SSSR count). The highest BCUT2D eigenvalue weighted by Crippen LogP contribution is 2.10. The monoisotopic (exact) mass is 218 g/mol. The maximum atomic E-state index is 5.69. The van der Waals surface area contributed by atoms with Gasteiger partial charge in [-0.1, -0.05) is 18.5 Å². The first-order valence-corrected chi connectivity index (χ1v) is 5.05. The molecule has 0 bridgehead atoms. The zero-order valence-electron chi connectivity index (χ0n) is 7.43. The highest BCUT2D eigenvalue weighted by Gasteiger charge is 1.99. The standard InChI is InChI=1S/C9H12Cl2N2/c1-7(4-10)5-12-9-3-2-8(11)6-13-9/h2-3,6-7H,4-5H2,1H3,(H,12,13). The van der Waals surface area contributed by atoms with Gasteiger partial charge in [-0.2, -0.15) is 0 Å². The Kier molecular flexibility index (Phi) is 4.33. The Morgan fingerprint density at radius 1 is 1.54 bits per heavy atom. The molecule has 0 aliphatic carbocycles. The fraction of sp³-hybridized carbons (Fsp3) is 0.444. The Morgan fingerprint density at radius 2 is 2.31 bits per heavy atom. The summed E-state index contributed by atoms with van der Waals surface area (Å²) in [4.78, 5) is 4.10. The summed E-state index contributed by atoms with van der Waals surface area (Å²) in [6, 6.07) is 3.66. The minimum atomic E-state index is 0.444. The van der Waals surface area contributed by atoms with Gasteiger partial charge in [-0.3, -0.25) is 0 Å². The van der Waals surface area contributed by atoms with Crippen LogP contribution in [0.15, 0.2) is 18.3 Å². The molecule has 0 fully saturated rings.